The van der Waals surface area contributed by atoms with E-state index in [9.17, 15) is 4.79 Å². The van der Waals surface area contributed by atoms with Gasteiger partial charge in [0, 0.05) is 76.0 Å². The molecule has 0 amide bonds. The second kappa shape index (κ2) is 13.6. The van der Waals surface area contributed by atoms with Crippen molar-refractivity contribution in [2.75, 3.05) is 50.7 Å². The van der Waals surface area contributed by atoms with Crippen LogP contribution in [0.5, 0.6) is 0 Å². The van der Waals surface area contributed by atoms with Gasteiger partial charge in [-0.25, -0.2) is 15.0 Å². The number of hydrogen-bond acceptors (Lipinski definition) is 10. The third-order valence-electron chi connectivity index (χ3n) is 7.14. The number of thiazole rings is 1. The fraction of sp³-hybridized carbons (Fsp3) is 0.467. The Morgan fingerprint density at radius 1 is 1.14 bits per heavy atom. The number of nitrogens with zero attached hydrogens (tertiary/aromatic N) is 6. The molecule has 10 nitrogen and oxygen atoms in total. The minimum atomic E-state index is -0.480. The van der Waals surface area contributed by atoms with E-state index in [4.69, 9.17) is 15.5 Å². The number of hydrogen-bond donors (Lipinski definition) is 2. The minimum Gasteiger partial charge on any atom is -0.460 e. The molecule has 0 atom stereocenters. The molecule has 12 heteroatoms. The Balaban J connectivity index is 1.25. The van der Waals surface area contributed by atoms with E-state index >= 15 is 0 Å². The minimum absolute atomic E-state index is 0.193. The maximum absolute atomic E-state index is 12.2. The van der Waals surface area contributed by atoms with Crippen molar-refractivity contribution in [1.29, 1.82) is 0 Å². The summed E-state index contributed by atoms with van der Waals surface area (Å²) in [5.74, 6) is 0.594. The molecule has 4 aromatic rings. The lowest BCUT2D eigenvalue weighted by Gasteiger charge is -2.36. The zero-order chi connectivity index (χ0) is 29.7. The monoisotopic (exact) mass is 654 g/mol. The summed E-state index contributed by atoms with van der Waals surface area (Å²) in [6.45, 7) is 12.8. The molecule has 1 aliphatic rings. The standard InChI is InChI=1S/C30H39BrN8O2S/c1-30(2,3)41-25(40)8-10-37(11-9-32)17-21-4-6-22(7-5-21)28-35-26-27(24(31)16-33-29(26)36-28)39-14-12-38(13-15-39)18-23-19-42-20-34-23/h4-7,16,19-20H,8-15,17-18,32H2,1-3H3,(H,33,35,36). The van der Waals surface area contributed by atoms with E-state index < -0.39 is 5.60 Å². The van der Waals surface area contributed by atoms with Crippen molar-refractivity contribution in [3.05, 3.63) is 57.1 Å². The molecule has 42 heavy (non-hydrogen) atoms. The topological polar surface area (TPSA) is 116 Å². The van der Waals surface area contributed by atoms with Crippen molar-refractivity contribution in [3.63, 3.8) is 0 Å². The fourth-order valence-corrected chi connectivity index (χ4v) is 6.26. The molecular formula is C30H39BrN8O2S. The lowest BCUT2D eigenvalue weighted by molar-refractivity contribution is -0.155. The van der Waals surface area contributed by atoms with Crippen LogP contribution in [0.4, 0.5) is 5.69 Å². The van der Waals surface area contributed by atoms with Gasteiger partial charge in [0.25, 0.3) is 0 Å². The van der Waals surface area contributed by atoms with Gasteiger partial charge in [-0.3, -0.25) is 14.6 Å². The van der Waals surface area contributed by atoms with Gasteiger partial charge in [0.05, 0.1) is 27.8 Å². The molecule has 5 rings (SSSR count). The van der Waals surface area contributed by atoms with Crippen molar-refractivity contribution in [2.45, 2.75) is 45.9 Å². The lowest BCUT2D eigenvalue weighted by atomic mass is 10.1. The number of benzene rings is 1. The SMILES string of the molecule is CC(C)(C)OC(=O)CCN(CCN)Cc1ccc(-c2nc3ncc(Br)c(N4CCN(Cc5cscn5)CC4)c3[nH]2)cc1. The summed E-state index contributed by atoms with van der Waals surface area (Å²) in [7, 11) is 0. The average molecular weight is 656 g/mol. The molecule has 3 N–H and O–H groups in total. The number of halogens is 1. The van der Waals surface area contributed by atoms with E-state index in [0.717, 1.165) is 71.0 Å². The Labute approximate surface area is 259 Å². The highest BCUT2D eigenvalue weighted by molar-refractivity contribution is 9.10. The van der Waals surface area contributed by atoms with Gasteiger partial charge in [0.1, 0.15) is 16.9 Å². The van der Waals surface area contributed by atoms with Crippen molar-refractivity contribution in [2.24, 2.45) is 5.73 Å². The summed E-state index contributed by atoms with van der Waals surface area (Å²) < 4.78 is 6.42. The molecule has 224 valence electrons. The number of nitrogens with two attached hydrogens (primary N) is 1. The number of esters is 1. The second-order valence-electron chi connectivity index (χ2n) is 11.6. The number of aromatic amines is 1. The molecule has 4 heterocycles. The van der Waals surface area contributed by atoms with Crippen LogP contribution < -0.4 is 10.6 Å². The van der Waals surface area contributed by atoms with Gasteiger partial charge >= 0.3 is 5.97 Å². The highest BCUT2D eigenvalue weighted by Gasteiger charge is 2.23. The van der Waals surface area contributed by atoms with Crippen molar-refractivity contribution in [1.82, 2.24) is 29.7 Å². The first-order valence-corrected chi connectivity index (χ1v) is 16.0. The molecular weight excluding hydrogens is 616 g/mol. The molecule has 1 aliphatic heterocycles. The second-order valence-corrected chi connectivity index (χ2v) is 13.2. The number of H-pyrrole nitrogens is 1. The number of rotatable bonds is 11. The zero-order valence-corrected chi connectivity index (χ0v) is 26.9. The predicted molar refractivity (Wildman–Crippen MR) is 171 cm³/mol. The van der Waals surface area contributed by atoms with Crippen molar-refractivity contribution in [3.8, 4) is 11.4 Å². The largest absolute Gasteiger partial charge is 0.460 e. The number of anilines is 1. The first kappa shape index (κ1) is 30.6. The zero-order valence-electron chi connectivity index (χ0n) is 24.5. The summed E-state index contributed by atoms with van der Waals surface area (Å²) in [6.07, 6.45) is 2.18. The van der Waals surface area contributed by atoms with Crippen LogP contribution in [-0.4, -0.2) is 87.1 Å². The Hall–Kier alpha value is -2.90. The van der Waals surface area contributed by atoms with Crippen LogP contribution >= 0.6 is 27.3 Å². The quantitative estimate of drug-likeness (QED) is 0.223. The number of aromatic nitrogens is 4. The number of ether oxygens (including phenoxy) is 1. The summed E-state index contributed by atoms with van der Waals surface area (Å²) in [6, 6.07) is 8.36. The molecule has 0 spiro atoms. The van der Waals surface area contributed by atoms with Crippen molar-refractivity contribution < 1.29 is 9.53 Å². The molecule has 3 aromatic heterocycles. The molecule has 0 saturated carbocycles. The smallest absolute Gasteiger partial charge is 0.307 e. The van der Waals surface area contributed by atoms with Gasteiger partial charge in [-0.2, -0.15) is 0 Å². The highest BCUT2D eigenvalue weighted by Crippen LogP contribution is 2.34. The number of pyridine rings is 1. The van der Waals surface area contributed by atoms with Gasteiger partial charge in [0.2, 0.25) is 0 Å². The third-order valence-corrected chi connectivity index (χ3v) is 8.35. The first-order chi connectivity index (χ1) is 20.2. The molecule has 0 aliphatic carbocycles. The van der Waals surface area contributed by atoms with E-state index in [1.54, 1.807) is 11.3 Å². The highest BCUT2D eigenvalue weighted by atomic mass is 79.9. The summed E-state index contributed by atoms with van der Waals surface area (Å²) in [5, 5.41) is 2.12. The maximum atomic E-state index is 12.2. The van der Waals surface area contributed by atoms with Gasteiger partial charge in [-0.05, 0) is 42.3 Å². The van der Waals surface area contributed by atoms with Gasteiger partial charge < -0.3 is 20.4 Å². The molecule has 1 fully saturated rings. The van der Waals surface area contributed by atoms with Crippen LogP contribution in [0, 0.1) is 0 Å². The fourth-order valence-electron chi connectivity index (χ4n) is 5.16. The summed E-state index contributed by atoms with van der Waals surface area (Å²) in [5.41, 5.74) is 13.3. The van der Waals surface area contributed by atoms with Crippen LogP contribution in [-0.2, 0) is 22.6 Å². The van der Waals surface area contributed by atoms with E-state index in [-0.39, 0.29) is 5.97 Å². The number of carbonyl (C=O) groups excluding carboxylic acids is 1. The normalized spacial score (nSPS) is 14.7. The van der Waals surface area contributed by atoms with E-state index in [2.05, 4.69) is 75.2 Å². The first-order valence-electron chi connectivity index (χ1n) is 14.3. The van der Waals surface area contributed by atoms with Crippen LogP contribution in [0.2, 0.25) is 0 Å². The number of imidazole rings is 1. The molecule has 0 unspecified atom stereocenters. The number of piperazine rings is 1. The molecule has 0 radical (unpaired) electrons. The number of nitrogens with one attached hydrogen (secondary N) is 1. The van der Waals surface area contributed by atoms with Gasteiger partial charge in [-0.1, -0.05) is 24.3 Å². The maximum Gasteiger partial charge on any atom is 0.307 e. The summed E-state index contributed by atoms with van der Waals surface area (Å²) in [4.78, 5) is 36.7. The Bertz CT molecular complexity index is 1460. The lowest BCUT2D eigenvalue weighted by Crippen LogP contribution is -2.46. The van der Waals surface area contributed by atoms with Gasteiger partial charge in [0.15, 0.2) is 5.65 Å². The van der Waals surface area contributed by atoms with Crippen molar-refractivity contribution >= 4 is 50.1 Å². The number of carbonyl (C=O) groups is 1. The van der Waals surface area contributed by atoms with E-state index in [1.807, 2.05) is 32.5 Å². The Morgan fingerprint density at radius 3 is 2.57 bits per heavy atom. The predicted octanol–water partition coefficient (Wildman–Crippen LogP) is 4.66. The number of fused-ring (bicyclic) bond motifs is 1. The van der Waals surface area contributed by atoms with Crippen LogP contribution in [0.1, 0.15) is 38.4 Å². The van der Waals surface area contributed by atoms with E-state index in [1.165, 1.54) is 0 Å². The van der Waals surface area contributed by atoms with Crippen LogP contribution in [0.15, 0.2) is 45.8 Å². The molecule has 1 aromatic carbocycles. The third kappa shape index (κ3) is 7.93. The Morgan fingerprint density at radius 2 is 1.90 bits per heavy atom. The molecule has 0 bridgehead atoms. The Kier molecular flexibility index (Phi) is 9.89. The van der Waals surface area contributed by atoms with Crippen LogP contribution in [0.25, 0.3) is 22.6 Å². The average Bonchev–Trinajstić information content (AvgIpc) is 3.62. The molecule has 1 saturated heterocycles. The summed E-state index contributed by atoms with van der Waals surface area (Å²) >= 11 is 5.39. The van der Waals surface area contributed by atoms with Gasteiger partial charge in [-0.15, -0.1) is 11.3 Å². The van der Waals surface area contributed by atoms with E-state index in [0.29, 0.717) is 38.2 Å². The van der Waals surface area contributed by atoms with Crippen LogP contribution in [0.3, 0.4) is 0 Å².